The maximum atomic E-state index is 13.9. The van der Waals surface area contributed by atoms with Crippen LogP contribution in [0.2, 0.25) is 0 Å². The predicted molar refractivity (Wildman–Crippen MR) is 138 cm³/mol. The Morgan fingerprint density at radius 1 is 1.11 bits per heavy atom. The van der Waals surface area contributed by atoms with Gasteiger partial charge in [-0.3, -0.25) is 14.5 Å². The molecule has 2 aliphatic heterocycles. The minimum Gasteiger partial charge on any atom is -0.494 e. The van der Waals surface area contributed by atoms with Crippen molar-refractivity contribution in [3.8, 4) is 5.75 Å². The van der Waals surface area contributed by atoms with Crippen LogP contribution in [0.25, 0.3) is 0 Å². The standard InChI is InChI=1S/C28H32N4O5/c1-3-36-21-10-8-20(9-11-21)26-25(27(33)29-24-18-19(2)37-30-24)22-6-4-5-7-23(22)28(34)32(26)13-12-31-14-16-35-17-15-31/h4-11,18,25-26H,3,12-17H2,1-2H3,(H,29,30,33)/t25-,26-/m1/s1. The van der Waals surface area contributed by atoms with Gasteiger partial charge in [-0.05, 0) is 43.2 Å². The molecule has 1 saturated heterocycles. The van der Waals surface area contributed by atoms with E-state index in [1.165, 1.54) is 0 Å². The van der Waals surface area contributed by atoms with Crippen molar-refractivity contribution >= 4 is 17.6 Å². The Morgan fingerprint density at radius 2 is 1.86 bits per heavy atom. The van der Waals surface area contributed by atoms with Gasteiger partial charge >= 0.3 is 0 Å². The first-order chi connectivity index (χ1) is 18.0. The number of carbonyl (C=O) groups is 2. The van der Waals surface area contributed by atoms with Crippen LogP contribution in [0.3, 0.4) is 0 Å². The van der Waals surface area contributed by atoms with Gasteiger partial charge in [-0.2, -0.15) is 0 Å². The molecule has 0 unspecified atom stereocenters. The maximum Gasteiger partial charge on any atom is 0.254 e. The molecular formula is C28H32N4O5. The summed E-state index contributed by atoms with van der Waals surface area (Å²) in [5.74, 6) is 0.723. The van der Waals surface area contributed by atoms with Crippen molar-refractivity contribution in [2.75, 3.05) is 51.3 Å². The van der Waals surface area contributed by atoms with E-state index in [0.717, 1.165) is 24.4 Å². The number of benzene rings is 2. The zero-order valence-electron chi connectivity index (χ0n) is 21.2. The summed E-state index contributed by atoms with van der Waals surface area (Å²) in [6, 6.07) is 16.2. The highest BCUT2D eigenvalue weighted by molar-refractivity contribution is 6.04. The van der Waals surface area contributed by atoms with Crippen molar-refractivity contribution < 1.29 is 23.6 Å². The van der Waals surface area contributed by atoms with Crippen LogP contribution < -0.4 is 10.1 Å². The van der Waals surface area contributed by atoms with E-state index in [1.807, 2.05) is 54.3 Å². The zero-order chi connectivity index (χ0) is 25.8. The molecule has 0 aliphatic carbocycles. The summed E-state index contributed by atoms with van der Waals surface area (Å²) < 4.78 is 16.3. The Hall–Kier alpha value is -3.69. The van der Waals surface area contributed by atoms with Crippen molar-refractivity contribution in [1.82, 2.24) is 15.0 Å². The van der Waals surface area contributed by atoms with Gasteiger partial charge in [-0.15, -0.1) is 0 Å². The second-order valence-electron chi connectivity index (χ2n) is 9.28. The number of morpholine rings is 1. The molecule has 0 bridgehead atoms. The molecule has 9 heteroatoms. The lowest BCUT2D eigenvalue weighted by molar-refractivity contribution is -0.119. The summed E-state index contributed by atoms with van der Waals surface area (Å²) in [6.45, 7) is 8.45. The lowest BCUT2D eigenvalue weighted by atomic mass is 9.79. The monoisotopic (exact) mass is 504 g/mol. The van der Waals surface area contributed by atoms with Crippen LogP contribution in [-0.4, -0.2) is 72.8 Å². The Bertz CT molecular complexity index is 1240. The molecule has 2 aromatic carbocycles. The average Bonchev–Trinajstić information content (AvgIpc) is 3.33. The smallest absolute Gasteiger partial charge is 0.254 e. The molecular weight excluding hydrogens is 472 g/mol. The maximum absolute atomic E-state index is 13.9. The van der Waals surface area contributed by atoms with Gasteiger partial charge in [0.05, 0.1) is 31.8 Å². The number of aryl methyl sites for hydroxylation is 1. The number of carbonyl (C=O) groups excluding carboxylic acids is 2. The zero-order valence-corrected chi connectivity index (χ0v) is 21.2. The van der Waals surface area contributed by atoms with E-state index in [2.05, 4.69) is 15.4 Å². The van der Waals surface area contributed by atoms with E-state index >= 15 is 0 Å². The molecule has 9 nitrogen and oxygen atoms in total. The van der Waals surface area contributed by atoms with E-state index in [-0.39, 0.29) is 11.8 Å². The molecule has 3 heterocycles. The molecule has 1 N–H and O–H groups in total. The van der Waals surface area contributed by atoms with Gasteiger partial charge in [0.2, 0.25) is 5.91 Å². The lowest BCUT2D eigenvalue weighted by Crippen LogP contribution is -2.49. The van der Waals surface area contributed by atoms with Crippen molar-refractivity contribution in [3.05, 3.63) is 77.0 Å². The van der Waals surface area contributed by atoms with Gasteiger partial charge in [0.25, 0.3) is 5.91 Å². The molecule has 0 radical (unpaired) electrons. The highest BCUT2D eigenvalue weighted by atomic mass is 16.5. The largest absolute Gasteiger partial charge is 0.494 e. The highest BCUT2D eigenvalue weighted by Gasteiger charge is 2.44. The van der Waals surface area contributed by atoms with Crippen LogP contribution >= 0.6 is 0 Å². The molecule has 0 saturated carbocycles. The summed E-state index contributed by atoms with van der Waals surface area (Å²) in [5, 5.41) is 6.86. The van der Waals surface area contributed by atoms with E-state index in [0.29, 0.717) is 55.6 Å². The third-order valence-electron chi connectivity index (χ3n) is 6.89. The van der Waals surface area contributed by atoms with E-state index in [9.17, 15) is 9.59 Å². The van der Waals surface area contributed by atoms with Crippen molar-refractivity contribution in [1.29, 1.82) is 0 Å². The molecule has 0 spiro atoms. The second kappa shape index (κ2) is 11.1. The van der Waals surface area contributed by atoms with Crippen LogP contribution in [0.5, 0.6) is 5.75 Å². The van der Waals surface area contributed by atoms with E-state index < -0.39 is 12.0 Å². The number of hydrogen-bond donors (Lipinski definition) is 1. The molecule has 2 amide bonds. The van der Waals surface area contributed by atoms with Gasteiger partial charge in [-0.1, -0.05) is 35.5 Å². The Kier molecular flexibility index (Phi) is 7.52. The van der Waals surface area contributed by atoms with Gasteiger partial charge < -0.3 is 24.2 Å². The van der Waals surface area contributed by atoms with E-state index in [4.69, 9.17) is 14.0 Å². The minimum atomic E-state index is -0.645. The fraction of sp³-hybridized carbons (Fsp3) is 0.393. The molecule has 1 aromatic heterocycles. The van der Waals surface area contributed by atoms with Crippen molar-refractivity contribution in [2.45, 2.75) is 25.8 Å². The number of hydrogen-bond acceptors (Lipinski definition) is 7. The van der Waals surface area contributed by atoms with Crippen LogP contribution in [-0.2, 0) is 9.53 Å². The number of amides is 2. The number of nitrogens with one attached hydrogen (secondary N) is 1. The van der Waals surface area contributed by atoms with Gasteiger partial charge in [-0.25, -0.2) is 0 Å². The first-order valence-electron chi connectivity index (χ1n) is 12.7. The average molecular weight is 505 g/mol. The third kappa shape index (κ3) is 5.38. The van der Waals surface area contributed by atoms with Crippen LogP contribution in [0, 0.1) is 6.92 Å². The van der Waals surface area contributed by atoms with E-state index in [1.54, 1.807) is 19.1 Å². The topological polar surface area (TPSA) is 97.1 Å². The molecule has 194 valence electrons. The summed E-state index contributed by atoms with van der Waals surface area (Å²) >= 11 is 0. The number of fused-ring (bicyclic) bond motifs is 1. The number of anilines is 1. The van der Waals surface area contributed by atoms with Gasteiger partial charge in [0, 0.05) is 37.8 Å². The fourth-order valence-electron chi connectivity index (χ4n) is 5.12. The summed E-state index contributed by atoms with van der Waals surface area (Å²) in [7, 11) is 0. The molecule has 2 aliphatic rings. The minimum absolute atomic E-state index is 0.0796. The van der Waals surface area contributed by atoms with Crippen LogP contribution in [0.1, 0.15) is 46.1 Å². The Balaban J connectivity index is 1.54. The molecule has 5 rings (SSSR count). The highest BCUT2D eigenvalue weighted by Crippen LogP contribution is 2.43. The van der Waals surface area contributed by atoms with Crippen molar-refractivity contribution in [2.24, 2.45) is 0 Å². The molecule has 3 aromatic rings. The third-order valence-corrected chi connectivity index (χ3v) is 6.89. The Labute approximate surface area is 216 Å². The number of rotatable bonds is 8. The normalized spacial score (nSPS) is 19.9. The first-order valence-corrected chi connectivity index (χ1v) is 12.7. The SMILES string of the molecule is CCOc1ccc([C@@H]2[C@H](C(=O)Nc3cc(C)on3)c3ccccc3C(=O)N2CCN2CCOCC2)cc1. The summed E-state index contributed by atoms with van der Waals surface area (Å²) in [6.07, 6.45) is 0. The number of aromatic nitrogens is 1. The predicted octanol–water partition coefficient (Wildman–Crippen LogP) is 3.63. The fourth-order valence-corrected chi connectivity index (χ4v) is 5.12. The molecule has 37 heavy (non-hydrogen) atoms. The summed E-state index contributed by atoms with van der Waals surface area (Å²) in [4.78, 5) is 31.9. The molecule has 1 fully saturated rings. The summed E-state index contributed by atoms with van der Waals surface area (Å²) in [5.41, 5.74) is 2.11. The number of nitrogens with zero attached hydrogens (tertiary/aromatic N) is 3. The second-order valence-corrected chi connectivity index (χ2v) is 9.28. The van der Waals surface area contributed by atoms with Crippen molar-refractivity contribution in [3.63, 3.8) is 0 Å². The van der Waals surface area contributed by atoms with Crippen LogP contribution in [0.4, 0.5) is 5.82 Å². The van der Waals surface area contributed by atoms with Gasteiger partial charge in [0.15, 0.2) is 5.82 Å². The lowest BCUT2D eigenvalue weighted by Gasteiger charge is -2.42. The number of ether oxygens (including phenoxy) is 2. The van der Waals surface area contributed by atoms with Gasteiger partial charge in [0.1, 0.15) is 11.5 Å². The first kappa shape index (κ1) is 25.0. The van der Waals surface area contributed by atoms with Crippen LogP contribution in [0.15, 0.2) is 59.1 Å². The Morgan fingerprint density at radius 3 is 2.57 bits per heavy atom. The molecule has 2 atom stereocenters. The quantitative estimate of drug-likeness (QED) is 0.500.